The van der Waals surface area contributed by atoms with Crippen molar-refractivity contribution >= 4 is 23.6 Å². The summed E-state index contributed by atoms with van der Waals surface area (Å²) in [5.41, 5.74) is 1.28. The number of benzene rings is 1. The van der Waals surface area contributed by atoms with Gasteiger partial charge in [-0.3, -0.25) is 14.4 Å². The monoisotopic (exact) mass is 274 g/mol. The predicted octanol–water partition coefficient (Wildman–Crippen LogP) is 2.43. The average molecular weight is 274 g/mol. The number of carbonyl (C=O) groups is 3. The van der Waals surface area contributed by atoms with Gasteiger partial charge in [0.1, 0.15) is 11.7 Å². The van der Waals surface area contributed by atoms with E-state index in [2.05, 4.69) is 4.74 Å². The third-order valence-electron chi connectivity index (χ3n) is 2.99. The summed E-state index contributed by atoms with van der Waals surface area (Å²) in [5.74, 6) is -2.02. The number of rotatable bonds is 6. The first-order valence-electron chi connectivity index (χ1n) is 6.30. The fourth-order valence-corrected chi connectivity index (χ4v) is 1.81. The summed E-state index contributed by atoms with van der Waals surface area (Å²) in [6.07, 6.45) is 1.76. The Morgan fingerprint density at radius 1 is 1.15 bits per heavy atom. The van der Waals surface area contributed by atoms with E-state index in [0.717, 1.165) is 5.56 Å². The molecule has 1 atom stereocenters. The number of esters is 1. The van der Waals surface area contributed by atoms with Crippen LogP contribution in [0.15, 0.2) is 35.9 Å². The van der Waals surface area contributed by atoms with Crippen molar-refractivity contribution in [3.8, 4) is 0 Å². The van der Waals surface area contributed by atoms with Crippen molar-refractivity contribution in [3.05, 3.63) is 41.5 Å². The van der Waals surface area contributed by atoms with Crippen molar-refractivity contribution in [2.75, 3.05) is 7.11 Å². The third kappa shape index (κ3) is 4.46. The van der Waals surface area contributed by atoms with Crippen LogP contribution in [0.25, 0.3) is 6.08 Å². The van der Waals surface area contributed by atoms with Gasteiger partial charge in [0, 0.05) is 0 Å². The van der Waals surface area contributed by atoms with Gasteiger partial charge in [0.05, 0.1) is 7.11 Å². The second-order valence-corrected chi connectivity index (χ2v) is 4.53. The SMILES string of the molecule is COC(=O)C(C/C(=C\c1ccccc1)C(C)=O)C(C)=O. The number of hydrogen-bond donors (Lipinski definition) is 0. The number of carbonyl (C=O) groups excluding carboxylic acids is 3. The van der Waals surface area contributed by atoms with E-state index in [9.17, 15) is 14.4 Å². The minimum absolute atomic E-state index is 0.0617. The smallest absolute Gasteiger partial charge is 0.316 e. The van der Waals surface area contributed by atoms with Crippen molar-refractivity contribution in [1.82, 2.24) is 0 Å². The summed E-state index contributed by atoms with van der Waals surface area (Å²) < 4.78 is 4.61. The summed E-state index contributed by atoms with van der Waals surface area (Å²) in [6.45, 7) is 2.74. The maximum atomic E-state index is 11.7. The molecule has 1 rings (SSSR count). The molecule has 0 aliphatic rings. The van der Waals surface area contributed by atoms with Crippen molar-refractivity contribution < 1.29 is 19.1 Å². The van der Waals surface area contributed by atoms with E-state index in [0.29, 0.717) is 5.57 Å². The van der Waals surface area contributed by atoms with Crippen LogP contribution in [0.2, 0.25) is 0 Å². The summed E-state index contributed by atoms with van der Waals surface area (Å²) in [7, 11) is 1.23. The zero-order valence-corrected chi connectivity index (χ0v) is 11.9. The Bertz CT molecular complexity index is 529. The molecule has 1 aromatic rings. The topological polar surface area (TPSA) is 60.4 Å². The molecule has 1 aromatic carbocycles. The van der Waals surface area contributed by atoms with Crippen molar-refractivity contribution in [2.24, 2.45) is 5.92 Å². The maximum absolute atomic E-state index is 11.7. The first-order chi connectivity index (χ1) is 9.45. The number of ether oxygens (including phenoxy) is 1. The molecule has 0 fully saturated rings. The maximum Gasteiger partial charge on any atom is 0.316 e. The number of methoxy groups -OCH3 is 1. The van der Waals surface area contributed by atoms with Gasteiger partial charge in [-0.25, -0.2) is 0 Å². The lowest BCUT2D eigenvalue weighted by Gasteiger charge is -2.12. The first kappa shape index (κ1) is 15.8. The molecule has 4 heteroatoms. The Balaban J connectivity index is 3.03. The molecule has 20 heavy (non-hydrogen) atoms. The van der Waals surface area contributed by atoms with Gasteiger partial charge in [-0.05, 0) is 37.5 Å². The quantitative estimate of drug-likeness (QED) is 0.454. The van der Waals surface area contributed by atoms with Crippen LogP contribution >= 0.6 is 0 Å². The Morgan fingerprint density at radius 2 is 1.75 bits per heavy atom. The summed E-state index contributed by atoms with van der Waals surface area (Å²) in [6, 6.07) is 9.28. The van der Waals surface area contributed by atoms with E-state index >= 15 is 0 Å². The number of allylic oxidation sites excluding steroid dienone is 1. The van der Waals surface area contributed by atoms with Crippen LogP contribution in [0.3, 0.4) is 0 Å². The van der Waals surface area contributed by atoms with Gasteiger partial charge < -0.3 is 4.74 Å². The van der Waals surface area contributed by atoms with Gasteiger partial charge >= 0.3 is 5.97 Å². The molecule has 0 radical (unpaired) electrons. The van der Waals surface area contributed by atoms with E-state index < -0.39 is 11.9 Å². The van der Waals surface area contributed by atoms with E-state index in [1.54, 1.807) is 6.08 Å². The van der Waals surface area contributed by atoms with Gasteiger partial charge in [0.2, 0.25) is 0 Å². The van der Waals surface area contributed by atoms with Gasteiger partial charge in [0.25, 0.3) is 0 Å². The van der Waals surface area contributed by atoms with Crippen LogP contribution in [0.4, 0.5) is 0 Å². The highest BCUT2D eigenvalue weighted by atomic mass is 16.5. The van der Waals surface area contributed by atoms with E-state index in [-0.39, 0.29) is 18.0 Å². The van der Waals surface area contributed by atoms with Gasteiger partial charge in [0.15, 0.2) is 5.78 Å². The predicted molar refractivity (Wildman–Crippen MR) is 75.9 cm³/mol. The molecule has 0 N–H and O–H groups in total. The van der Waals surface area contributed by atoms with Crippen molar-refractivity contribution in [1.29, 1.82) is 0 Å². The van der Waals surface area contributed by atoms with Gasteiger partial charge in [-0.15, -0.1) is 0 Å². The normalized spacial score (nSPS) is 12.7. The largest absolute Gasteiger partial charge is 0.468 e. The van der Waals surface area contributed by atoms with E-state index in [1.165, 1.54) is 21.0 Å². The zero-order chi connectivity index (χ0) is 15.1. The third-order valence-corrected chi connectivity index (χ3v) is 2.99. The highest BCUT2D eigenvalue weighted by Gasteiger charge is 2.26. The van der Waals surface area contributed by atoms with Crippen LogP contribution in [-0.2, 0) is 19.1 Å². The molecule has 0 aliphatic heterocycles. The number of hydrogen-bond acceptors (Lipinski definition) is 4. The highest BCUT2D eigenvalue weighted by Crippen LogP contribution is 2.18. The van der Waals surface area contributed by atoms with Gasteiger partial charge in [-0.2, -0.15) is 0 Å². The summed E-state index contributed by atoms with van der Waals surface area (Å²) in [5, 5.41) is 0. The standard InChI is InChI=1S/C16H18O4/c1-11(17)14(9-13-7-5-4-6-8-13)10-15(12(2)18)16(19)20-3/h4-9,15H,10H2,1-3H3/b14-9+. The molecule has 1 unspecified atom stereocenters. The highest BCUT2D eigenvalue weighted by molar-refractivity contribution is 6.02. The zero-order valence-electron chi connectivity index (χ0n) is 11.9. The molecule has 0 aliphatic carbocycles. The summed E-state index contributed by atoms with van der Waals surface area (Å²) >= 11 is 0. The lowest BCUT2D eigenvalue weighted by Crippen LogP contribution is -2.24. The van der Waals surface area contributed by atoms with Crippen molar-refractivity contribution in [2.45, 2.75) is 20.3 Å². The second kappa shape index (κ2) is 7.38. The van der Waals surface area contributed by atoms with Crippen LogP contribution in [0.5, 0.6) is 0 Å². The lowest BCUT2D eigenvalue weighted by molar-refractivity contribution is -0.148. The Hall–Kier alpha value is -2.23. The van der Waals surface area contributed by atoms with Crippen LogP contribution < -0.4 is 0 Å². The molecular formula is C16H18O4. The van der Waals surface area contributed by atoms with Crippen LogP contribution in [0.1, 0.15) is 25.8 Å². The van der Waals surface area contributed by atoms with Crippen LogP contribution in [0, 0.1) is 5.92 Å². The first-order valence-corrected chi connectivity index (χ1v) is 6.30. The fourth-order valence-electron chi connectivity index (χ4n) is 1.81. The summed E-state index contributed by atoms with van der Waals surface area (Å²) in [4.78, 5) is 34.8. The molecule has 0 saturated heterocycles. The molecule has 0 aromatic heterocycles. The lowest BCUT2D eigenvalue weighted by atomic mass is 9.93. The molecule has 0 amide bonds. The van der Waals surface area contributed by atoms with E-state index in [4.69, 9.17) is 0 Å². The van der Waals surface area contributed by atoms with Gasteiger partial charge in [-0.1, -0.05) is 30.3 Å². The molecule has 0 bridgehead atoms. The second-order valence-electron chi connectivity index (χ2n) is 4.53. The Kier molecular flexibility index (Phi) is 5.84. The Labute approximate surface area is 118 Å². The molecule has 0 heterocycles. The Morgan fingerprint density at radius 3 is 2.20 bits per heavy atom. The molecule has 4 nitrogen and oxygen atoms in total. The van der Waals surface area contributed by atoms with E-state index in [1.807, 2.05) is 30.3 Å². The molecule has 106 valence electrons. The minimum Gasteiger partial charge on any atom is -0.468 e. The van der Waals surface area contributed by atoms with Crippen LogP contribution in [-0.4, -0.2) is 24.6 Å². The van der Waals surface area contributed by atoms with Crippen molar-refractivity contribution in [3.63, 3.8) is 0 Å². The molecule has 0 saturated carbocycles. The molecular weight excluding hydrogens is 256 g/mol. The molecule has 0 spiro atoms. The average Bonchev–Trinajstić information content (AvgIpc) is 2.43. The number of ketones is 2. The number of Topliss-reactive ketones (excluding diaryl/α,β-unsaturated/α-hetero) is 2. The minimum atomic E-state index is -0.932. The fraction of sp³-hybridized carbons (Fsp3) is 0.312.